The summed E-state index contributed by atoms with van der Waals surface area (Å²) < 4.78 is 5.30. The first-order valence-corrected chi connectivity index (χ1v) is 8.71. The van der Waals surface area contributed by atoms with Crippen molar-refractivity contribution in [2.45, 2.75) is 57.2 Å². The normalized spacial score (nSPS) is 22.9. The molecule has 1 aliphatic carbocycles. The van der Waals surface area contributed by atoms with E-state index in [9.17, 15) is 5.11 Å². The van der Waals surface area contributed by atoms with Crippen molar-refractivity contribution in [3.8, 4) is 5.75 Å². The van der Waals surface area contributed by atoms with Gasteiger partial charge in [-0.05, 0) is 66.6 Å². The van der Waals surface area contributed by atoms with Crippen molar-refractivity contribution in [2.24, 2.45) is 0 Å². The van der Waals surface area contributed by atoms with Gasteiger partial charge in [-0.2, -0.15) is 0 Å². The number of nitrogens with one attached hydrogen (secondary N) is 1. The molecule has 3 rings (SSSR count). The average Bonchev–Trinajstić information content (AvgIpc) is 2.60. The fraction of sp³-hybridized carbons (Fsp3) is 0.500. The zero-order chi connectivity index (χ0) is 16.2. The average molecular weight is 313 g/mol. The highest BCUT2D eigenvalue weighted by molar-refractivity contribution is 5.84. The topological polar surface area (TPSA) is 41.5 Å². The molecule has 0 heterocycles. The monoisotopic (exact) mass is 313 g/mol. The maximum Gasteiger partial charge on any atom is 0.119 e. The third-order valence-electron chi connectivity index (χ3n) is 5.02. The molecule has 0 spiro atoms. The summed E-state index contributed by atoms with van der Waals surface area (Å²) in [5.74, 6) is 0.899. The van der Waals surface area contributed by atoms with Gasteiger partial charge in [-0.25, -0.2) is 0 Å². The van der Waals surface area contributed by atoms with E-state index >= 15 is 0 Å². The Labute approximate surface area is 138 Å². The van der Waals surface area contributed by atoms with Gasteiger partial charge in [0.1, 0.15) is 5.75 Å². The van der Waals surface area contributed by atoms with Gasteiger partial charge in [-0.3, -0.25) is 0 Å². The second-order valence-corrected chi connectivity index (χ2v) is 6.61. The molecule has 1 atom stereocenters. The van der Waals surface area contributed by atoms with Crippen molar-refractivity contribution in [2.75, 3.05) is 7.11 Å². The van der Waals surface area contributed by atoms with Crippen LogP contribution in [-0.4, -0.2) is 24.4 Å². The number of hydrogen-bond acceptors (Lipinski definition) is 3. The van der Waals surface area contributed by atoms with Crippen LogP contribution in [0.5, 0.6) is 5.75 Å². The number of aliphatic hydroxyl groups excluding tert-OH is 1. The lowest BCUT2D eigenvalue weighted by Gasteiger charge is -2.30. The van der Waals surface area contributed by atoms with Crippen LogP contribution >= 0.6 is 0 Å². The molecule has 23 heavy (non-hydrogen) atoms. The second-order valence-electron chi connectivity index (χ2n) is 6.61. The van der Waals surface area contributed by atoms with E-state index in [1.807, 2.05) is 6.07 Å². The van der Waals surface area contributed by atoms with Crippen LogP contribution < -0.4 is 10.1 Å². The standard InChI is InChI=1S/C20H27NO2/c1-3-20(21-17-7-9-18(22)10-8-17)16-5-4-15-13-19(23-2)11-6-14(15)12-16/h4-6,11-13,17-18,20-22H,3,7-10H2,1-2H3. The Morgan fingerprint density at radius 3 is 2.48 bits per heavy atom. The number of fused-ring (bicyclic) bond motifs is 1. The summed E-state index contributed by atoms with van der Waals surface area (Å²) in [7, 11) is 1.70. The number of benzene rings is 2. The van der Waals surface area contributed by atoms with Crippen LogP contribution in [0.25, 0.3) is 10.8 Å². The predicted octanol–water partition coefficient (Wildman–Crippen LogP) is 4.19. The minimum Gasteiger partial charge on any atom is -0.497 e. The van der Waals surface area contributed by atoms with Crippen molar-refractivity contribution >= 4 is 10.8 Å². The Balaban J connectivity index is 1.76. The largest absolute Gasteiger partial charge is 0.497 e. The maximum atomic E-state index is 9.66. The minimum atomic E-state index is -0.0937. The Bertz CT molecular complexity index is 647. The lowest BCUT2D eigenvalue weighted by Crippen LogP contribution is -2.36. The summed E-state index contributed by atoms with van der Waals surface area (Å²) in [5, 5.41) is 15.9. The van der Waals surface area contributed by atoms with Crippen LogP contribution in [0.2, 0.25) is 0 Å². The molecule has 3 nitrogen and oxygen atoms in total. The summed E-state index contributed by atoms with van der Waals surface area (Å²) in [6, 6.07) is 13.8. The first-order valence-electron chi connectivity index (χ1n) is 8.71. The lowest BCUT2D eigenvalue weighted by atomic mass is 9.91. The van der Waals surface area contributed by atoms with Crippen LogP contribution in [0.3, 0.4) is 0 Å². The van der Waals surface area contributed by atoms with Crippen molar-refractivity contribution < 1.29 is 9.84 Å². The summed E-state index contributed by atoms with van der Waals surface area (Å²) in [5.41, 5.74) is 1.34. The van der Waals surface area contributed by atoms with Crippen molar-refractivity contribution in [3.63, 3.8) is 0 Å². The predicted molar refractivity (Wildman–Crippen MR) is 94.9 cm³/mol. The van der Waals surface area contributed by atoms with Crippen molar-refractivity contribution in [3.05, 3.63) is 42.0 Å². The molecule has 0 aliphatic heterocycles. The Morgan fingerprint density at radius 2 is 1.78 bits per heavy atom. The van der Waals surface area contributed by atoms with Gasteiger partial charge in [0.05, 0.1) is 13.2 Å². The van der Waals surface area contributed by atoms with Gasteiger partial charge in [0.25, 0.3) is 0 Å². The smallest absolute Gasteiger partial charge is 0.119 e. The molecular formula is C20H27NO2. The summed E-state index contributed by atoms with van der Waals surface area (Å²) >= 11 is 0. The fourth-order valence-electron chi connectivity index (χ4n) is 3.56. The highest BCUT2D eigenvalue weighted by Crippen LogP contribution is 2.27. The van der Waals surface area contributed by atoms with Gasteiger partial charge in [0.2, 0.25) is 0 Å². The molecule has 1 unspecified atom stereocenters. The highest BCUT2D eigenvalue weighted by atomic mass is 16.5. The van der Waals surface area contributed by atoms with Crippen LogP contribution in [0.1, 0.15) is 50.6 Å². The van der Waals surface area contributed by atoms with E-state index in [1.165, 1.54) is 16.3 Å². The zero-order valence-corrected chi connectivity index (χ0v) is 14.1. The summed E-state index contributed by atoms with van der Waals surface area (Å²) in [6.07, 6.45) is 4.96. The molecule has 2 aromatic rings. The fourth-order valence-corrected chi connectivity index (χ4v) is 3.56. The third kappa shape index (κ3) is 3.85. The number of aliphatic hydroxyl groups is 1. The van der Waals surface area contributed by atoms with Gasteiger partial charge in [0.15, 0.2) is 0 Å². The lowest BCUT2D eigenvalue weighted by molar-refractivity contribution is 0.114. The van der Waals surface area contributed by atoms with E-state index in [0.717, 1.165) is 37.9 Å². The number of rotatable bonds is 5. The van der Waals surface area contributed by atoms with Crippen LogP contribution in [0, 0.1) is 0 Å². The molecule has 3 heteroatoms. The molecule has 124 valence electrons. The molecule has 2 N–H and O–H groups in total. The number of methoxy groups -OCH3 is 1. The first kappa shape index (κ1) is 16.3. The first-order chi connectivity index (χ1) is 11.2. The number of hydrogen-bond donors (Lipinski definition) is 2. The SMILES string of the molecule is CCC(NC1CCC(O)CC1)c1ccc2cc(OC)ccc2c1. The Kier molecular flexibility index (Phi) is 5.19. The van der Waals surface area contributed by atoms with E-state index < -0.39 is 0 Å². The quantitative estimate of drug-likeness (QED) is 0.869. The molecule has 0 radical (unpaired) electrons. The Morgan fingerprint density at radius 1 is 1.09 bits per heavy atom. The molecular weight excluding hydrogens is 286 g/mol. The molecule has 0 saturated heterocycles. The van der Waals surface area contributed by atoms with E-state index in [-0.39, 0.29) is 6.10 Å². The second kappa shape index (κ2) is 7.33. The Hall–Kier alpha value is -1.58. The third-order valence-corrected chi connectivity index (χ3v) is 5.02. The van der Waals surface area contributed by atoms with Gasteiger partial charge in [-0.15, -0.1) is 0 Å². The highest BCUT2D eigenvalue weighted by Gasteiger charge is 2.22. The van der Waals surface area contributed by atoms with Crippen molar-refractivity contribution in [1.82, 2.24) is 5.32 Å². The number of ether oxygens (including phenoxy) is 1. The van der Waals surface area contributed by atoms with E-state index in [4.69, 9.17) is 4.74 Å². The van der Waals surface area contributed by atoms with Gasteiger partial charge in [0, 0.05) is 12.1 Å². The zero-order valence-electron chi connectivity index (χ0n) is 14.1. The van der Waals surface area contributed by atoms with Crippen LogP contribution in [0.15, 0.2) is 36.4 Å². The van der Waals surface area contributed by atoms with Crippen LogP contribution in [-0.2, 0) is 0 Å². The van der Waals surface area contributed by atoms with E-state index in [0.29, 0.717) is 12.1 Å². The van der Waals surface area contributed by atoms with E-state index in [2.05, 4.69) is 42.6 Å². The van der Waals surface area contributed by atoms with Gasteiger partial charge < -0.3 is 15.2 Å². The molecule has 2 aromatic carbocycles. The minimum absolute atomic E-state index is 0.0937. The molecule has 1 saturated carbocycles. The van der Waals surface area contributed by atoms with Gasteiger partial charge >= 0.3 is 0 Å². The molecule has 0 aromatic heterocycles. The molecule has 1 fully saturated rings. The summed E-state index contributed by atoms with van der Waals surface area (Å²) in [4.78, 5) is 0. The van der Waals surface area contributed by atoms with Crippen LogP contribution in [0.4, 0.5) is 0 Å². The summed E-state index contributed by atoms with van der Waals surface area (Å²) in [6.45, 7) is 2.23. The van der Waals surface area contributed by atoms with E-state index in [1.54, 1.807) is 7.11 Å². The maximum absolute atomic E-state index is 9.66. The van der Waals surface area contributed by atoms with Gasteiger partial charge in [-0.1, -0.05) is 25.1 Å². The van der Waals surface area contributed by atoms with Crippen molar-refractivity contribution in [1.29, 1.82) is 0 Å². The molecule has 0 amide bonds. The molecule has 1 aliphatic rings. The molecule has 0 bridgehead atoms.